The molecule has 1 aliphatic rings. The molecule has 39 heavy (non-hydrogen) atoms. The van der Waals surface area contributed by atoms with E-state index in [-0.39, 0.29) is 53.5 Å². The Bertz CT molecular complexity index is 1640. The summed E-state index contributed by atoms with van der Waals surface area (Å²) in [6.45, 7) is 2.09. The lowest BCUT2D eigenvalue weighted by atomic mass is 9.86. The minimum Gasteiger partial charge on any atom is -0.491 e. The summed E-state index contributed by atoms with van der Waals surface area (Å²) in [5.74, 6) is -0.722. The van der Waals surface area contributed by atoms with E-state index in [1.54, 1.807) is 65.8 Å². The first-order valence-corrected chi connectivity index (χ1v) is 12.9. The van der Waals surface area contributed by atoms with Crippen LogP contribution >= 0.6 is 23.2 Å². The molecule has 2 aromatic carbocycles. The van der Waals surface area contributed by atoms with E-state index in [4.69, 9.17) is 33.3 Å². The molecule has 0 fully saturated rings. The van der Waals surface area contributed by atoms with Gasteiger partial charge in [0.25, 0.3) is 0 Å². The van der Waals surface area contributed by atoms with E-state index >= 15 is 0 Å². The lowest BCUT2D eigenvalue weighted by Crippen LogP contribution is -2.30. The zero-order valence-electron chi connectivity index (χ0n) is 21.0. The van der Waals surface area contributed by atoms with Crippen molar-refractivity contribution in [3.05, 3.63) is 87.0 Å². The van der Waals surface area contributed by atoms with Crippen molar-refractivity contribution in [2.45, 2.75) is 32.6 Å². The second-order valence-electron chi connectivity index (χ2n) is 9.45. The number of ether oxygens (including phenoxy) is 1. The Morgan fingerprint density at radius 2 is 1.82 bits per heavy atom. The Kier molecular flexibility index (Phi) is 7.11. The van der Waals surface area contributed by atoms with E-state index in [9.17, 15) is 18.0 Å². The number of hydrogen-bond donors (Lipinski definition) is 1. The number of carbonyl (C=O) groups excluding carboxylic acids is 1. The van der Waals surface area contributed by atoms with Crippen molar-refractivity contribution in [1.29, 1.82) is 5.41 Å². The van der Waals surface area contributed by atoms with Gasteiger partial charge in [-0.1, -0.05) is 29.3 Å². The molecule has 12 heteroatoms. The molecule has 1 atom stereocenters. The highest BCUT2D eigenvalue weighted by atomic mass is 35.5. The number of fused-ring (bicyclic) bond motifs is 1. The van der Waals surface area contributed by atoms with Gasteiger partial charge >= 0.3 is 6.18 Å². The number of aromatic nitrogens is 4. The molecule has 0 spiro atoms. The van der Waals surface area contributed by atoms with Gasteiger partial charge in [0, 0.05) is 43.3 Å². The van der Waals surface area contributed by atoms with Gasteiger partial charge in [0.05, 0.1) is 34.7 Å². The van der Waals surface area contributed by atoms with Crippen LogP contribution in [0.5, 0.6) is 5.75 Å². The molecular weight excluding hydrogens is 554 g/mol. The number of nitrogens with zero attached hydrogens (tertiary/aromatic N) is 4. The fourth-order valence-corrected chi connectivity index (χ4v) is 5.06. The van der Waals surface area contributed by atoms with Crippen molar-refractivity contribution in [2.24, 2.45) is 13.0 Å². The van der Waals surface area contributed by atoms with Crippen LogP contribution in [-0.4, -0.2) is 31.3 Å². The summed E-state index contributed by atoms with van der Waals surface area (Å²) >= 11 is 12.2. The Morgan fingerprint density at radius 3 is 2.46 bits per heavy atom. The highest BCUT2D eigenvalue weighted by molar-refractivity contribution is 6.42. The van der Waals surface area contributed by atoms with Gasteiger partial charge in [0.1, 0.15) is 5.75 Å². The van der Waals surface area contributed by atoms with Crippen LogP contribution in [0.25, 0.3) is 11.1 Å². The molecule has 1 aliphatic heterocycles. The predicted molar refractivity (Wildman–Crippen MR) is 140 cm³/mol. The number of hydrogen-bond acceptors (Lipinski definition) is 4. The molecule has 0 bridgehead atoms. The van der Waals surface area contributed by atoms with E-state index in [1.165, 1.54) is 10.9 Å². The number of alkyl halides is 3. The molecule has 0 aliphatic carbocycles. The van der Waals surface area contributed by atoms with Crippen LogP contribution in [0.3, 0.4) is 0 Å². The number of halogens is 5. The highest BCUT2D eigenvalue weighted by Crippen LogP contribution is 2.44. The summed E-state index contributed by atoms with van der Waals surface area (Å²) in [4.78, 5) is 13.7. The minimum absolute atomic E-state index is 0.00794. The molecule has 0 amide bonds. The van der Waals surface area contributed by atoms with Crippen LogP contribution in [0.1, 0.15) is 34.1 Å². The fourth-order valence-electron chi connectivity index (χ4n) is 4.74. The largest absolute Gasteiger partial charge is 0.491 e. The van der Waals surface area contributed by atoms with Crippen LogP contribution in [0.2, 0.25) is 10.0 Å². The number of nitrogens with one attached hydrogen (secondary N) is 1. The molecular formula is C27H24Cl2F3N5O2. The summed E-state index contributed by atoms with van der Waals surface area (Å²) < 4.78 is 52.6. The normalized spacial score (nSPS) is 15.4. The third kappa shape index (κ3) is 5.23. The van der Waals surface area contributed by atoms with Crippen molar-refractivity contribution in [2.75, 3.05) is 6.61 Å². The van der Waals surface area contributed by atoms with E-state index in [0.29, 0.717) is 22.0 Å². The van der Waals surface area contributed by atoms with Crippen LogP contribution in [0, 0.1) is 11.3 Å². The maximum Gasteiger partial charge on any atom is 0.435 e. The first-order chi connectivity index (χ1) is 18.5. The number of imidazole rings is 1. The van der Waals surface area contributed by atoms with Gasteiger partial charge < -0.3 is 13.9 Å². The highest BCUT2D eigenvalue weighted by Gasteiger charge is 2.40. The average molecular weight is 578 g/mol. The van der Waals surface area contributed by atoms with E-state index in [0.717, 1.165) is 5.56 Å². The maximum atomic E-state index is 14.0. The SMILES string of the molecule is CCn1cc(-c2cc(Cn3ccn(C)c3=N)cc3c2OC[C@@H](Cc2ccc(Cl)c(Cl)c2)C3=O)c(C(F)(F)F)n1. The van der Waals surface area contributed by atoms with Crippen LogP contribution in [-0.2, 0) is 32.7 Å². The molecule has 204 valence electrons. The third-order valence-corrected chi connectivity index (χ3v) is 7.49. The van der Waals surface area contributed by atoms with Crippen molar-refractivity contribution in [3.63, 3.8) is 0 Å². The third-order valence-electron chi connectivity index (χ3n) is 6.75. The van der Waals surface area contributed by atoms with E-state index in [1.807, 2.05) is 0 Å². The van der Waals surface area contributed by atoms with Crippen molar-refractivity contribution in [3.8, 4) is 16.9 Å². The van der Waals surface area contributed by atoms with E-state index < -0.39 is 17.8 Å². The number of ketones is 1. The second kappa shape index (κ2) is 10.2. The van der Waals surface area contributed by atoms with Crippen molar-refractivity contribution >= 4 is 29.0 Å². The monoisotopic (exact) mass is 577 g/mol. The first-order valence-electron chi connectivity index (χ1n) is 12.2. The summed E-state index contributed by atoms with van der Waals surface area (Å²) in [6, 6.07) is 8.33. The summed E-state index contributed by atoms with van der Waals surface area (Å²) in [5, 5.41) is 12.8. The molecule has 5 rings (SSSR count). The number of benzene rings is 2. The van der Waals surface area contributed by atoms with Gasteiger partial charge in [-0.2, -0.15) is 18.3 Å². The van der Waals surface area contributed by atoms with Gasteiger partial charge in [0.15, 0.2) is 11.5 Å². The summed E-state index contributed by atoms with van der Waals surface area (Å²) in [5.41, 5.74) is 0.655. The number of Topliss-reactive ketones (excluding diaryl/α,β-unsaturated/α-hetero) is 1. The zero-order valence-corrected chi connectivity index (χ0v) is 22.5. The van der Waals surface area contributed by atoms with Crippen molar-refractivity contribution < 1.29 is 22.7 Å². The molecule has 2 aromatic heterocycles. The molecule has 0 unspecified atom stereocenters. The molecule has 1 N–H and O–H groups in total. The first kappa shape index (κ1) is 27.1. The predicted octanol–water partition coefficient (Wildman–Crippen LogP) is 6.00. The average Bonchev–Trinajstić information content (AvgIpc) is 3.47. The minimum atomic E-state index is -4.71. The Balaban J connectivity index is 1.62. The molecule has 0 saturated heterocycles. The van der Waals surface area contributed by atoms with Gasteiger partial charge in [0.2, 0.25) is 5.62 Å². The van der Waals surface area contributed by atoms with Gasteiger partial charge in [-0.15, -0.1) is 0 Å². The van der Waals surface area contributed by atoms with Gasteiger partial charge in [-0.3, -0.25) is 14.9 Å². The van der Waals surface area contributed by atoms with Gasteiger partial charge in [-0.25, -0.2) is 0 Å². The van der Waals surface area contributed by atoms with Gasteiger partial charge in [-0.05, 0) is 48.7 Å². The molecule has 0 saturated carbocycles. The van der Waals surface area contributed by atoms with Crippen LogP contribution in [0.15, 0.2) is 48.9 Å². The molecule has 7 nitrogen and oxygen atoms in total. The van der Waals surface area contributed by atoms with E-state index in [2.05, 4.69) is 5.10 Å². The second-order valence-corrected chi connectivity index (χ2v) is 10.3. The summed E-state index contributed by atoms with van der Waals surface area (Å²) in [6.07, 6.45) is 0.333. The number of aryl methyl sites for hydroxylation is 2. The van der Waals surface area contributed by atoms with Crippen LogP contribution < -0.4 is 10.4 Å². The lowest BCUT2D eigenvalue weighted by molar-refractivity contribution is -0.141. The number of rotatable bonds is 6. The lowest BCUT2D eigenvalue weighted by Gasteiger charge is -2.27. The maximum absolute atomic E-state index is 14.0. The quantitative estimate of drug-likeness (QED) is 0.305. The van der Waals surface area contributed by atoms with Crippen LogP contribution in [0.4, 0.5) is 13.2 Å². The Labute approximate surface area is 231 Å². The molecule has 3 heterocycles. The van der Waals surface area contributed by atoms with Crippen molar-refractivity contribution in [1.82, 2.24) is 18.9 Å². The summed E-state index contributed by atoms with van der Waals surface area (Å²) in [7, 11) is 1.72. The standard InChI is InChI=1S/C27H24Cl2F3N5O2/c1-3-37-13-20(25(34-37)27(30,31)32)18-9-16(12-36-7-6-35(2)26(36)33)10-19-23(38)17(14-39-24(18)19)8-15-4-5-21(28)22(29)11-15/h4-7,9-11,13,17,33H,3,8,12,14H2,1-2H3/t17-/m1/s1. The topological polar surface area (TPSA) is 77.8 Å². The molecule has 0 radical (unpaired) electrons. The smallest absolute Gasteiger partial charge is 0.435 e. The Morgan fingerprint density at radius 1 is 1.08 bits per heavy atom. The molecule has 4 aromatic rings. The Hall–Kier alpha value is -3.50. The zero-order chi connectivity index (χ0) is 28.1. The fraction of sp³-hybridized carbons (Fsp3) is 0.296. The number of carbonyl (C=O) groups is 1.